The number of alkyl halides is 1. The van der Waals surface area contributed by atoms with E-state index in [-0.39, 0.29) is 0 Å². The van der Waals surface area contributed by atoms with Crippen molar-refractivity contribution in [1.82, 2.24) is 0 Å². The van der Waals surface area contributed by atoms with E-state index >= 15 is 0 Å². The van der Waals surface area contributed by atoms with Crippen LogP contribution < -0.4 is 0 Å². The number of hydrogen-bond acceptors (Lipinski definition) is 0. The molecule has 0 nitrogen and oxygen atoms in total. The molecule has 3 atom stereocenters. The molecule has 14 heavy (non-hydrogen) atoms. The maximum atomic E-state index is 6.24. The molecule has 0 aromatic heterocycles. The Morgan fingerprint density at radius 3 is 2.64 bits per heavy atom. The molecule has 0 aromatic rings. The highest BCUT2D eigenvalue weighted by Crippen LogP contribution is 2.58. The monoisotopic (exact) mass is 214 g/mol. The standard InChI is InChI=1S/C13H23Cl/c1-2-3-4-7-13(10-14)9-11-5-6-12(13)8-11/h11-12H,2-10H2,1H3. The average Bonchev–Trinajstić information content (AvgIpc) is 2.78. The van der Waals surface area contributed by atoms with Crippen LogP contribution in [-0.2, 0) is 0 Å². The van der Waals surface area contributed by atoms with Gasteiger partial charge in [-0.3, -0.25) is 0 Å². The summed E-state index contributed by atoms with van der Waals surface area (Å²) in [7, 11) is 0. The van der Waals surface area contributed by atoms with Gasteiger partial charge in [0, 0.05) is 5.88 Å². The van der Waals surface area contributed by atoms with Crippen LogP contribution in [0.4, 0.5) is 0 Å². The van der Waals surface area contributed by atoms with E-state index < -0.39 is 0 Å². The number of unbranched alkanes of at least 4 members (excludes halogenated alkanes) is 2. The Kier molecular flexibility index (Phi) is 3.42. The summed E-state index contributed by atoms with van der Waals surface area (Å²) in [6.07, 6.45) is 11.5. The first kappa shape index (κ1) is 10.8. The lowest BCUT2D eigenvalue weighted by atomic mass is 9.71. The highest BCUT2D eigenvalue weighted by molar-refractivity contribution is 6.18. The van der Waals surface area contributed by atoms with E-state index in [0.29, 0.717) is 5.41 Å². The van der Waals surface area contributed by atoms with Gasteiger partial charge in [-0.15, -0.1) is 11.6 Å². The summed E-state index contributed by atoms with van der Waals surface area (Å²) < 4.78 is 0. The largest absolute Gasteiger partial charge is 0.126 e. The molecule has 0 N–H and O–H groups in total. The van der Waals surface area contributed by atoms with Crippen molar-refractivity contribution >= 4 is 11.6 Å². The van der Waals surface area contributed by atoms with Crippen LogP contribution in [-0.4, -0.2) is 5.88 Å². The van der Waals surface area contributed by atoms with Crippen LogP contribution in [0.2, 0.25) is 0 Å². The first-order valence-electron chi connectivity index (χ1n) is 6.36. The topological polar surface area (TPSA) is 0 Å². The Morgan fingerprint density at radius 2 is 2.14 bits per heavy atom. The molecule has 3 unspecified atom stereocenters. The SMILES string of the molecule is CCCCCC1(CCl)CC2CCC1C2. The van der Waals surface area contributed by atoms with Gasteiger partial charge in [0.25, 0.3) is 0 Å². The van der Waals surface area contributed by atoms with E-state index in [2.05, 4.69) is 6.92 Å². The normalized spacial score (nSPS) is 40.7. The van der Waals surface area contributed by atoms with Gasteiger partial charge in [-0.2, -0.15) is 0 Å². The molecule has 2 saturated carbocycles. The van der Waals surface area contributed by atoms with Crippen molar-refractivity contribution in [3.63, 3.8) is 0 Å². The Labute approximate surface area is 93.4 Å². The third kappa shape index (κ3) is 1.83. The van der Waals surface area contributed by atoms with Gasteiger partial charge in [-0.05, 0) is 42.9 Å². The summed E-state index contributed by atoms with van der Waals surface area (Å²) in [6, 6.07) is 0. The average molecular weight is 215 g/mol. The van der Waals surface area contributed by atoms with Crippen LogP contribution >= 0.6 is 11.6 Å². The fourth-order valence-electron chi connectivity index (χ4n) is 3.82. The molecule has 0 amide bonds. The van der Waals surface area contributed by atoms with Crippen LogP contribution in [0.3, 0.4) is 0 Å². The minimum atomic E-state index is 0.569. The Balaban J connectivity index is 1.90. The van der Waals surface area contributed by atoms with Crippen LogP contribution in [0.5, 0.6) is 0 Å². The molecular formula is C13H23Cl. The van der Waals surface area contributed by atoms with E-state index in [1.165, 1.54) is 51.4 Å². The molecule has 2 aliphatic carbocycles. The number of halogens is 1. The van der Waals surface area contributed by atoms with Gasteiger partial charge in [0.05, 0.1) is 0 Å². The second-order valence-corrected chi connectivity index (χ2v) is 5.80. The van der Waals surface area contributed by atoms with Crippen molar-refractivity contribution in [1.29, 1.82) is 0 Å². The molecule has 0 radical (unpaired) electrons. The molecule has 1 heteroatoms. The van der Waals surface area contributed by atoms with Crippen molar-refractivity contribution in [2.75, 3.05) is 5.88 Å². The first-order chi connectivity index (χ1) is 6.80. The van der Waals surface area contributed by atoms with Gasteiger partial charge in [-0.1, -0.05) is 32.6 Å². The minimum Gasteiger partial charge on any atom is -0.126 e. The fourth-order valence-corrected chi connectivity index (χ4v) is 4.28. The fraction of sp³-hybridized carbons (Fsp3) is 1.00. The Bertz CT molecular complexity index is 190. The first-order valence-corrected chi connectivity index (χ1v) is 6.90. The predicted octanol–water partition coefficient (Wildman–Crippen LogP) is 4.61. The second kappa shape index (κ2) is 4.43. The highest BCUT2D eigenvalue weighted by Gasteiger charge is 2.49. The van der Waals surface area contributed by atoms with Gasteiger partial charge in [0.15, 0.2) is 0 Å². The second-order valence-electron chi connectivity index (χ2n) is 5.53. The minimum absolute atomic E-state index is 0.569. The van der Waals surface area contributed by atoms with E-state index in [0.717, 1.165) is 17.7 Å². The molecule has 2 rings (SSSR count). The molecule has 0 saturated heterocycles. The lowest BCUT2D eigenvalue weighted by Gasteiger charge is -2.36. The smallest absolute Gasteiger partial charge is 0.0282 e. The molecule has 2 fully saturated rings. The lowest BCUT2D eigenvalue weighted by molar-refractivity contribution is 0.172. The Hall–Kier alpha value is 0.290. The van der Waals surface area contributed by atoms with Gasteiger partial charge in [0.1, 0.15) is 0 Å². The zero-order chi connectivity index (χ0) is 10.0. The van der Waals surface area contributed by atoms with Gasteiger partial charge < -0.3 is 0 Å². The molecule has 0 aliphatic heterocycles. The zero-order valence-corrected chi connectivity index (χ0v) is 10.2. The summed E-state index contributed by atoms with van der Waals surface area (Å²) in [4.78, 5) is 0. The summed E-state index contributed by atoms with van der Waals surface area (Å²) >= 11 is 6.24. The predicted molar refractivity (Wildman–Crippen MR) is 62.7 cm³/mol. The van der Waals surface area contributed by atoms with E-state index in [1.54, 1.807) is 0 Å². The van der Waals surface area contributed by atoms with Crippen LogP contribution in [0.15, 0.2) is 0 Å². The summed E-state index contributed by atoms with van der Waals surface area (Å²) in [5, 5.41) is 0. The van der Waals surface area contributed by atoms with E-state index in [9.17, 15) is 0 Å². The quantitative estimate of drug-likeness (QED) is 0.463. The Morgan fingerprint density at radius 1 is 1.29 bits per heavy atom. The van der Waals surface area contributed by atoms with Crippen molar-refractivity contribution in [3.05, 3.63) is 0 Å². The van der Waals surface area contributed by atoms with Crippen molar-refractivity contribution in [3.8, 4) is 0 Å². The maximum absolute atomic E-state index is 6.24. The van der Waals surface area contributed by atoms with Crippen LogP contribution in [0.1, 0.15) is 58.3 Å². The number of rotatable bonds is 5. The molecule has 82 valence electrons. The van der Waals surface area contributed by atoms with Crippen LogP contribution in [0.25, 0.3) is 0 Å². The lowest BCUT2D eigenvalue weighted by Crippen LogP contribution is -2.29. The van der Waals surface area contributed by atoms with Crippen molar-refractivity contribution < 1.29 is 0 Å². The molecular weight excluding hydrogens is 192 g/mol. The van der Waals surface area contributed by atoms with E-state index in [4.69, 9.17) is 11.6 Å². The van der Waals surface area contributed by atoms with Gasteiger partial charge >= 0.3 is 0 Å². The third-order valence-corrected chi connectivity index (χ3v) is 5.18. The van der Waals surface area contributed by atoms with Gasteiger partial charge in [-0.25, -0.2) is 0 Å². The molecule has 0 heterocycles. The zero-order valence-electron chi connectivity index (χ0n) is 9.40. The molecule has 2 aliphatic rings. The summed E-state index contributed by atoms with van der Waals surface area (Å²) in [6.45, 7) is 2.29. The highest BCUT2D eigenvalue weighted by atomic mass is 35.5. The van der Waals surface area contributed by atoms with E-state index in [1.807, 2.05) is 0 Å². The van der Waals surface area contributed by atoms with Gasteiger partial charge in [0.2, 0.25) is 0 Å². The molecule has 0 aromatic carbocycles. The van der Waals surface area contributed by atoms with Crippen LogP contribution in [0, 0.1) is 17.3 Å². The maximum Gasteiger partial charge on any atom is 0.0282 e. The molecule has 2 bridgehead atoms. The van der Waals surface area contributed by atoms with Crippen molar-refractivity contribution in [2.24, 2.45) is 17.3 Å². The van der Waals surface area contributed by atoms with Crippen molar-refractivity contribution in [2.45, 2.75) is 58.3 Å². The molecule has 0 spiro atoms. The number of fused-ring (bicyclic) bond motifs is 2. The third-order valence-electron chi connectivity index (χ3n) is 4.65. The summed E-state index contributed by atoms with van der Waals surface area (Å²) in [5.74, 6) is 2.96. The number of hydrogen-bond donors (Lipinski definition) is 0. The summed E-state index contributed by atoms with van der Waals surface area (Å²) in [5.41, 5.74) is 0.569.